The van der Waals surface area contributed by atoms with Crippen molar-refractivity contribution in [2.75, 3.05) is 0 Å². The summed E-state index contributed by atoms with van der Waals surface area (Å²) < 4.78 is 5.30. The number of nitriles is 1. The molecule has 0 aromatic carbocycles. The maximum atomic E-state index is 8.66. The van der Waals surface area contributed by atoms with E-state index in [1.54, 1.807) is 6.07 Å². The van der Waals surface area contributed by atoms with Crippen LogP contribution in [-0.4, -0.2) is 15.4 Å². The lowest BCUT2D eigenvalue weighted by molar-refractivity contribution is 0.546. The van der Waals surface area contributed by atoms with Crippen molar-refractivity contribution in [3.63, 3.8) is 0 Å². The minimum atomic E-state index is 0.245. The average molecular weight is 174 g/mol. The van der Waals surface area contributed by atoms with Crippen LogP contribution in [0.15, 0.2) is 16.5 Å². The smallest absolute Gasteiger partial charge is 0.193 e. The third-order valence-corrected chi connectivity index (χ3v) is 1.63. The summed E-state index contributed by atoms with van der Waals surface area (Å²) >= 11 is 0. The van der Waals surface area contributed by atoms with Crippen LogP contribution in [0, 0.1) is 18.3 Å². The molecule has 2 aromatic heterocycles. The molecule has 0 bridgehead atoms. The zero-order chi connectivity index (χ0) is 9.26. The van der Waals surface area contributed by atoms with Crippen molar-refractivity contribution in [1.29, 1.82) is 5.26 Å². The molecule has 0 amide bonds. The number of hydrogen-bond acceptors (Lipinski definition) is 4. The molecule has 0 aliphatic heterocycles. The number of nitrogens with one attached hydrogen (secondary N) is 1. The molecule has 0 aliphatic carbocycles. The fourth-order valence-electron chi connectivity index (χ4n) is 1.04. The zero-order valence-corrected chi connectivity index (χ0v) is 6.90. The molecule has 5 nitrogen and oxygen atoms in total. The van der Waals surface area contributed by atoms with Crippen molar-refractivity contribution < 1.29 is 4.42 Å². The Morgan fingerprint density at radius 3 is 2.92 bits per heavy atom. The average Bonchev–Trinajstić information content (AvgIpc) is 2.71. The molecule has 0 saturated carbocycles. The highest BCUT2D eigenvalue weighted by Crippen LogP contribution is 2.20. The van der Waals surface area contributed by atoms with Gasteiger partial charge in [-0.05, 0) is 19.1 Å². The predicted molar refractivity (Wildman–Crippen MR) is 43.5 cm³/mol. The van der Waals surface area contributed by atoms with Crippen LogP contribution in [0.4, 0.5) is 0 Å². The van der Waals surface area contributed by atoms with Crippen LogP contribution in [0.25, 0.3) is 11.5 Å². The molecule has 0 aliphatic rings. The third-order valence-electron chi connectivity index (χ3n) is 1.63. The number of aryl methyl sites for hydroxylation is 1. The minimum Gasteiger partial charge on any atom is -0.460 e. The van der Waals surface area contributed by atoms with E-state index in [4.69, 9.17) is 9.68 Å². The number of aromatic amines is 1. The largest absolute Gasteiger partial charge is 0.460 e. The number of nitrogens with zero attached hydrogens (tertiary/aromatic N) is 3. The molecule has 0 fully saturated rings. The van der Waals surface area contributed by atoms with Crippen LogP contribution in [0.3, 0.4) is 0 Å². The molecular weight excluding hydrogens is 168 g/mol. The first kappa shape index (κ1) is 7.55. The van der Waals surface area contributed by atoms with E-state index < -0.39 is 0 Å². The van der Waals surface area contributed by atoms with Crippen LogP contribution < -0.4 is 0 Å². The number of furan rings is 1. The summed E-state index contributed by atoms with van der Waals surface area (Å²) in [6.45, 7) is 1.83. The Hall–Kier alpha value is -2.09. The number of hydrogen-bond donors (Lipinski definition) is 1. The first-order valence-corrected chi connectivity index (χ1v) is 3.69. The van der Waals surface area contributed by atoms with Crippen LogP contribution in [0.2, 0.25) is 0 Å². The molecule has 1 N–H and O–H groups in total. The van der Waals surface area contributed by atoms with Gasteiger partial charge >= 0.3 is 0 Å². The third kappa shape index (κ3) is 1.18. The van der Waals surface area contributed by atoms with Gasteiger partial charge in [0.05, 0.1) is 0 Å². The van der Waals surface area contributed by atoms with Gasteiger partial charge in [-0.15, -0.1) is 5.10 Å². The van der Waals surface area contributed by atoms with Gasteiger partial charge in [-0.1, -0.05) is 0 Å². The molecule has 0 radical (unpaired) electrons. The Kier molecular flexibility index (Phi) is 1.60. The summed E-state index contributed by atoms with van der Waals surface area (Å²) in [5.74, 6) is 1.34. The van der Waals surface area contributed by atoms with Crippen molar-refractivity contribution in [3.8, 4) is 17.5 Å². The second kappa shape index (κ2) is 2.75. The monoisotopic (exact) mass is 174 g/mol. The highest BCUT2D eigenvalue weighted by atomic mass is 16.3. The summed E-state index contributed by atoms with van der Waals surface area (Å²) in [7, 11) is 0. The molecule has 2 heterocycles. The van der Waals surface area contributed by atoms with E-state index >= 15 is 0 Å². The first-order chi connectivity index (χ1) is 6.31. The lowest BCUT2D eigenvalue weighted by Crippen LogP contribution is -1.78. The molecule has 64 valence electrons. The van der Waals surface area contributed by atoms with Gasteiger partial charge in [0.2, 0.25) is 0 Å². The van der Waals surface area contributed by atoms with Crippen LogP contribution in [0.1, 0.15) is 11.5 Å². The van der Waals surface area contributed by atoms with Crippen molar-refractivity contribution in [1.82, 2.24) is 15.4 Å². The summed E-state index contributed by atoms with van der Waals surface area (Å²) in [4.78, 5) is 0. The van der Waals surface area contributed by atoms with E-state index in [1.165, 1.54) is 0 Å². The number of H-pyrrole nitrogens is 1. The predicted octanol–water partition coefficient (Wildman–Crippen LogP) is 1.24. The second-order valence-corrected chi connectivity index (χ2v) is 2.54. The summed E-state index contributed by atoms with van der Waals surface area (Å²) in [6, 6.07) is 5.49. The second-order valence-electron chi connectivity index (χ2n) is 2.54. The molecule has 0 unspecified atom stereocenters. The van der Waals surface area contributed by atoms with E-state index in [0.717, 1.165) is 5.76 Å². The number of rotatable bonds is 1. The first-order valence-electron chi connectivity index (χ1n) is 3.69. The fraction of sp³-hybridized carbons (Fsp3) is 0.125. The molecular formula is C8H6N4O. The van der Waals surface area contributed by atoms with Crippen LogP contribution in [0.5, 0.6) is 0 Å². The van der Waals surface area contributed by atoms with Gasteiger partial charge in [-0.25, -0.2) is 0 Å². The van der Waals surface area contributed by atoms with Crippen molar-refractivity contribution in [3.05, 3.63) is 23.6 Å². The van der Waals surface area contributed by atoms with E-state index in [1.807, 2.05) is 19.1 Å². The van der Waals surface area contributed by atoms with Crippen LogP contribution >= 0.6 is 0 Å². The highest BCUT2D eigenvalue weighted by molar-refractivity contribution is 5.58. The lowest BCUT2D eigenvalue weighted by Gasteiger charge is -1.87. The topological polar surface area (TPSA) is 78.5 Å². The van der Waals surface area contributed by atoms with Gasteiger partial charge in [0.1, 0.15) is 11.8 Å². The van der Waals surface area contributed by atoms with Gasteiger partial charge in [0, 0.05) is 0 Å². The Labute approximate surface area is 74.0 Å². The maximum absolute atomic E-state index is 8.66. The Morgan fingerprint density at radius 2 is 2.31 bits per heavy atom. The molecule has 5 heteroatoms. The minimum absolute atomic E-state index is 0.245. The van der Waals surface area contributed by atoms with E-state index in [2.05, 4.69) is 15.4 Å². The van der Waals surface area contributed by atoms with E-state index in [0.29, 0.717) is 11.5 Å². The number of aromatic nitrogens is 3. The molecule has 2 aromatic rings. The molecule has 0 saturated heterocycles. The zero-order valence-electron chi connectivity index (χ0n) is 6.90. The quantitative estimate of drug-likeness (QED) is 0.705. The molecule has 0 spiro atoms. The van der Waals surface area contributed by atoms with Crippen molar-refractivity contribution in [2.45, 2.75) is 6.92 Å². The van der Waals surface area contributed by atoms with Crippen molar-refractivity contribution >= 4 is 0 Å². The summed E-state index contributed by atoms with van der Waals surface area (Å²) in [5, 5.41) is 18.5. The summed E-state index contributed by atoms with van der Waals surface area (Å²) in [5.41, 5.74) is 0.699. The van der Waals surface area contributed by atoms with Gasteiger partial charge in [0.25, 0.3) is 0 Å². The van der Waals surface area contributed by atoms with E-state index in [-0.39, 0.29) is 5.69 Å². The normalized spacial score (nSPS) is 9.85. The molecule has 0 atom stereocenters. The SMILES string of the molecule is Cc1ccc(-c2n[nH]nc2C#N)o1. The summed E-state index contributed by atoms with van der Waals surface area (Å²) in [6.07, 6.45) is 0. The van der Waals surface area contributed by atoms with Gasteiger partial charge in [0.15, 0.2) is 17.1 Å². The Morgan fingerprint density at radius 1 is 1.46 bits per heavy atom. The lowest BCUT2D eigenvalue weighted by atomic mass is 10.3. The van der Waals surface area contributed by atoms with Crippen LogP contribution in [-0.2, 0) is 0 Å². The molecule has 13 heavy (non-hydrogen) atoms. The highest BCUT2D eigenvalue weighted by Gasteiger charge is 2.12. The Balaban J connectivity index is 2.53. The van der Waals surface area contributed by atoms with Gasteiger partial charge in [-0.3, -0.25) is 0 Å². The molecule has 2 rings (SSSR count). The Bertz CT molecular complexity index is 462. The standard InChI is InChI=1S/C8H6N4O/c1-5-2-3-7(13-5)8-6(4-9)10-12-11-8/h2-3H,1H3,(H,10,11,12). The maximum Gasteiger partial charge on any atom is 0.193 e. The van der Waals surface area contributed by atoms with E-state index in [9.17, 15) is 0 Å². The van der Waals surface area contributed by atoms with Gasteiger partial charge < -0.3 is 4.42 Å². The fourth-order valence-corrected chi connectivity index (χ4v) is 1.04. The van der Waals surface area contributed by atoms with Gasteiger partial charge in [-0.2, -0.15) is 15.6 Å². The van der Waals surface area contributed by atoms with Crippen molar-refractivity contribution in [2.24, 2.45) is 0 Å².